The van der Waals surface area contributed by atoms with E-state index in [1.54, 1.807) is 11.8 Å². The van der Waals surface area contributed by atoms with Crippen LogP contribution in [0.5, 0.6) is 0 Å². The van der Waals surface area contributed by atoms with Crippen LogP contribution in [-0.2, 0) is 6.54 Å². The van der Waals surface area contributed by atoms with E-state index < -0.39 is 0 Å². The minimum absolute atomic E-state index is 0. The van der Waals surface area contributed by atoms with E-state index in [9.17, 15) is 0 Å². The molecule has 0 heterocycles. The van der Waals surface area contributed by atoms with E-state index >= 15 is 0 Å². The molecule has 0 unspecified atom stereocenters. The van der Waals surface area contributed by atoms with Crippen LogP contribution in [0.2, 0.25) is 0 Å². The van der Waals surface area contributed by atoms with Crippen molar-refractivity contribution >= 4 is 11.8 Å². The largest absolute Gasteiger partial charge is 1.00 e. The lowest BCUT2D eigenvalue weighted by Crippen LogP contribution is -3.00. The zero-order valence-corrected chi connectivity index (χ0v) is 11.0. The van der Waals surface area contributed by atoms with Crippen molar-refractivity contribution in [2.45, 2.75) is 31.2 Å². The summed E-state index contributed by atoms with van der Waals surface area (Å²) < 4.78 is 0. The Labute approximate surface area is 103 Å². The summed E-state index contributed by atoms with van der Waals surface area (Å²) >= 11 is 1.79. The van der Waals surface area contributed by atoms with Gasteiger partial charge in [0.05, 0.1) is 0 Å². The Bertz CT molecular complexity index is 248. The molecule has 0 aromatic heterocycles. The first kappa shape index (κ1) is 14.8. The second-order valence-corrected chi connectivity index (χ2v) is 4.26. The predicted molar refractivity (Wildman–Crippen MR) is 64.8 cm³/mol. The van der Waals surface area contributed by atoms with E-state index in [2.05, 4.69) is 42.8 Å². The molecule has 0 spiro atoms. The van der Waals surface area contributed by atoms with Crippen molar-refractivity contribution in [3.05, 3.63) is 29.8 Å². The topological polar surface area (TPSA) is 12.0 Å². The van der Waals surface area contributed by atoms with Crippen LogP contribution in [0.4, 0.5) is 0 Å². The van der Waals surface area contributed by atoms with Gasteiger partial charge in [0.15, 0.2) is 0 Å². The van der Waals surface area contributed by atoms with Crippen LogP contribution in [0.15, 0.2) is 29.2 Å². The quantitative estimate of drug-likeness (QED) is 0.571. The number of hydrogen-bond donors (Lipinski definition) is 1. The molecule has 0 amide bonds. The molecule has 15 heavy (non-hydrogen) atoms. The average Bonchev–Trinajstić information content (AvgIpc) is 2.25. The minimum Gasteiger partial charge on any atom is -1.00 e. The van der Waals surface area contributed by atoms with Crippen molar-refractivity contribution in [3.63, 3.8) is 0 Å². The molecule has 1 aromatic carbocycles. The number of rotatable bonds is 6. The third-order valence-electron chi connectivity index (χ3n) is 2.20. The zero-order chi connectivity index (χ0) is 10.2. The fourth-order valence-electron chi connectivity index (χ4n) is 1.28. The predicted octanol–water partition coefficient (Wildman–Crippen LogP) is 0.302. The lowest BCUT2D eigenvalue weighted by atomic mass is 10.2. The van der Waals surface area contributed by atoms with Crippen LogP contribution in [0.1, 0.15) is 25.3 Å². The van der Waals surface area contributed by atoms with E-state index in [4.69, 9.17) is 0 Å². The summed E-state index contributed by atoms with van der Waals surface area (Å²) in [6.45, 7) is 4.34. The van der Waals surface area contributed by atoms with Gasteiger partial charge >= 0.3 is 0 Å². The Morgan fingerprint density at radius 1 is 1.20 bits per heavy atom. The fraction of sp³-hybridized carbons (Fsp3) is 0.500. The highest BCUT2D eigenvalue weighted by molar-refractivity contribution is 7.98. The smallest absolute Gasteiger partial charge is 0.0205 e. The number of unbranched alkanes of at least 4 members (excludes halogenated alkanes) is 1. The van der Waals surface area contributed by atoms with Gasteiger partial charge < -0.3 is 17.7 Å². The molecule has 1 aromatic rings. The van der Waals surface area contributed by atoms with Crippen molar-refractivity contribution < 1.29 is 12.4 Å². The maximum Gasteiger partial charge on any atom is 0.0205 e. The van der Waals surface area contributed by atoms with E-state index in [1.165, 1.54) is 23.3 Å². The van der Waals surface area contributed by atoms with Gasteiger partial charge in [-0.2, -0.15) is 0 Å². The molecule has 0 aliphatic heterocycles. The lowest BCUT2D eigenvalue weighted by Gasteiger charge is -2.04. The minimum atomic E-state index is 0. The normalized spacial score (nSPS) is 9.73. The summed E-state index contributed by atoms with van der Waals surface area (Å²) in [4.78, 5) is 1.34. The zero-order valence-electron chi connectivity index (χ0n) is 9.42. The molecular weight excluding hydrogens is 226 g/mol. The van der Waals surface area contributed by atoms with Crippen molar-refractivity contribution in [1.82, 2.24) is 5.32 Å². The van der Waals surface area contributed by atoms with Crippen LogP contribution in [0, 0.1) is 0 Å². The number of benzene rings is 1. The summed E-state index contributed by atoms with van der Waals surface area (Å²) in [5.41, 5.74) is 1.37. The number of nitrogens with one attached hydrogen (secondary N) is 1. The average molecular weight is 245 g/mol. The summed E-state index contributed by atoms with van der Waals surface area (Å²) in [6, 6.07) is 8.76. The summed E-state index contributed by atoms with van der Waals surface area (Å²) in [5, 5.41) is 3.43. The molecule has 0 saturated carbocycles. The van der Waals surface area contributed by atoms with E-state index in [1.807, 2.05) is 0 Å². The molecule has 1 N–H and O–H groups in total. The maximum absolute atomic E-state index is 3.43. The van der Waals surface area contributed by atoms with Crippen LogP contribution in [0.3, 0.4) is 0 Å². The van der Waals surface area contributed by atoms with Crippen LogP contribution in [0.25, 0.3) is 0 Å². The maximum atomic E-state index is 3.43. The van der Waals surface area contributed by atoms with E-state index in [-0.39, 0.29) is 12.4 Å². The number of thioether (sulfide) groups is 1. The van der Waals surface area contributed by atoms with Crippen molar-refractivity contribution in [1.29, 1.82) is 0 Å². The van der Waals surface area contributed by atoms with Crippen molar-refractivity contribution in [2.24, 2.45) is 0 Å². The molecule has 3 heteroatoms. The molecule has 0 aliphatic carbocycles. The summed E-state index contributed by atoms with van der Waals surface area (Å²) in [6.07, 6.45) is 4.63. The van der Waals surface area contributed by atoms with E-state index in [0.29, 0.717) is 0 Å². The molecule has 0 radical (unpaired) electrons. The van der Waals surface area contributed by atoms with Gasteiger partial charge in [0.2, 0.25) is 0 Å². The fourth-order valence-corrected chi connectivity index (χ4v) is 1.69. The second-order valence-electron chi connectivity index (χ2n) is 3.38. The van der Waals surface area contributed by atoms with Gasteiger partial charge in [0, 0.05) is 11.4 Å². The van der Waals surface area contributed by atoms with Gasteiger partial charge in [-0.15, -0.1) is 11.8 Å². The van der Waals surface area contributed by atoms with Crippen LogP contribution in [-0.4, -0.2) is 12.8 Å². The van der Waals surface area contributed by atoms with Crippen LogP contribution < -0.4 is 17.7 Å². The Morgan fingerprint density at radius 3 is 2.40 bits per heavy atom. The second kappa shape index (κ2) is 9.08. The Balaban J connectivity index is 0.00000196. The molecule has 0 atom stereocenters. The van der Waals surface area contributed by atoms with Gasteiger partial charge in [-0.3, -0.25) is 0 Å². The first-order valence-electron chi connectivity index (χ1n) is 5.20. The summed E-state index contributed by atoms with van der Waals surface area (Å²) in [5.74, 6) is 0. The van der Waals surface area contributed by atoms with Gasteiger partial charge in [-0.05, 0) is 36.9 Å². The van der Waals surface area contributed by atoms with Gasteiger partial charge in [-0.25, -0.2) is 0 Å². The lowest BCUT2D eigenvalue weighted by molar-refractivity contribution is -0.00000301. The molecular formula is C12H19ClNS-. The van der Waals surface area contributed by atoms with Gasteiger partial charge in [-0.1, -0.05) is 25.5 Å². The highest BCUT2D eigenvalue weighted by Gasteiger charge is 1.92. The molecule has 0 fully saturated rings. The molecule has 0 bridgehead atoms. The molecule has 0 aliphatic rings. The van der Waals surface area contributed by atoms with Crippen molar-refractivity contribution in [2.75, 3.05) is 12.8 Å². The highest BCUT2D eigenvalue weighted by atomic mass is 35.5. The van der Waals surface area contributed by atoms with Crippen molar-refractivity contribution in [3.8, 4) is 0 Å². The van der Waals surface area contributed by atoms with Gasteiger partial charge in [0.25, 0.3) is 0 Å². The van der Waals surface area contributed by atoms with Gasteiger partial charge in [0.1, 0.15) is 0 Å². The Hall–Kier alpha value is -0.180. The monoisotopic (exact) mass is 244 g/mol. The summed E-state index contributed by atoms with van der Waals surface area (Å²) in [7, 11) is 0. The molecule has 1 nitrogen and oxygen atoms in total. The first-order chi connectivity index (χ1) is 6.86. The van der Waals surface area contributed by atoms with E-state index in [0.717, 1.165) is 13.1 Å². The number of hydrogen-bond acceptors (Lipinski definition) is 2. The molecule has 1 rings (SSSR count). The standard InChI is InChI=1S/C12H19NS.ClH/c1-3-4-9-13-10-11-5-7-12(14-2)8-6-11;/h5-8,13H,3-4,9-10H2,1-2H3;1H/p-1. The third kappa shape index (κ3) is 6.08. The first-order valence-corrected chi connectivity index (χ1v) is 6.43. The SMILES string of the molecule is CCCCNCc1ccc(SC)cc1.[Cl-]. The highest BCUT2D eigenvalue weighted by Crippen LogP contribution is 2.14. The Morgan fingerprint density at radius 2 is 1.87 bits per heavy atom. The van der Waals surface area contributed by atoms with Crippen LogP contribution >= 0.6 is 11.8 Å². The number of halogens is 1. The molecule has 0 saturated heterocycles. The third-order valence-corrected chi connectivity index (χ3v) is 2.94. The Kier molecular flexibility index (Phi) is 8.97. The molecule has 86 valence electrons.